The topological polar surface area (TPSA) is 43.4 Å². The third-order valence-electron chi connectivity index (χ3n) is 4.96. The van der Waals surface area contributed by atoms with Crippen molar-refractivity contribution in [2.75, 3.05) is 6.61 Å². The van der Waals surface area contributed by atoms with Gasteiger partial charge in [0.1, 0.15) is 5.75 Å². The molecule has 0 saturated heterocycles. The number of hydrogen-bond acceptors (Lipinski definition) is 3. The molecular weight excluding hydrogens is 368 g/mol. The number of sulfone groups is 1. The summed E-state index contributed by atoms with van der Waals surface area (Å²) >= 11 is 0. The molecule has 0 amide bonds. The normalized spacial score (nSPS) is 15.2. The zero-order valence-corrected chi connectivity index (χ0v) is 17.5. The first-order valence-corrected chi connectivity index (χ1v) is 11.5. The molecule has 0 N–H and O–H groups in total. The van der Waals surface area contributed by atoms with Crippen molar-refractivity contribution >= 4 is 19.6 Å². The summed E-state index contributed by atoms with van der Waals surface area (Å²) in [7, 11) is -3.51. The van der Waals surface area contributed by atoms with E-state index in [2.05, 4.69) is 6.92 Å². The van der Waals surface area contributed by atoms with E-state index in [9.17, 15) is 8.42 Å². The van der Waals surface area contributed by atoms with E-state index in [0.29, 0.717) is 22.0 Å². The van der Waals surface area contributed by atoms with Crippen LogP contribution in [0.3, 0.4) is 0 Å². The molecule has 0 aromatic heterocycles. The van der Waals surface area contributed by atoms with Gasteiger partial charge in [0.15, 0.2) is 0 Å². The first-order chi connectivity index (χ1) is 13.5. The number of rotatable bonds is 9. The summed E-state index contributed by atoms with van der Waals surface area (Å²) in [5.74, 6) is 0.780. The van der Waals surface area contributed by atoms with Gasteiger partial charge in [-0.2, -0.15) is 0 Å². The highest BCUT2D eigenvalue weighted by molar-refractivity contribution is 8.09. The number of benzene rings is 2. The van der Waals surface area contributed by atoms with E-state index in [-0.39, 0.29) is 0 Å². The van der Waals surface area contributed by atoms with Crippen LogP contribution in [0.4, 0.5) is 0 Å². The van der Waals surface area contributed by atoms with E-state index in [1.807, 2.05) is 55.5 Å². The molecule has 0 bridgehead atoms. The lowest BCUT2D eigenvalue weighted by molar-refractivity contribution is 0.304. The lowest BCUT2D eigenvalue weighted by Crippen LogP contribution is -2.03. The van der Waals surface area contributed by atoms with Crippen molar-refractivity contribution in [1.29, 1.82) is 0 Å². The Morgan fingerprint density at radius 3 is 1.86 bits per heavy atom. The number of aryl methyl sites for hydroxylation is 1. The Labute approximate surface area is 168 Å². The van der Waals surface area contributed by atoms with Gasteiger partial charge in [0.05, 0.1) is 16.4 Å². The quantitative estimate of drug-likeness (QED) is 0.477. The molecule has 2 aromatic carbocycles. The van der Waals surface area contributed by atoms with Gasteiger partial charge in [-0.1, -0.05) is 62.4 Å². The maximum atomic E-state index is 13.0. The van der Waals surface area contributed by atoms with Gasteiger partial charge in [-0.15, -0.1) is 0 Å². The van der Waals surface area contributed by atoms with Crippen molar-refractivity contribution < 1.29 is 13.2 Å². The van der Waals surface area contributed by atoms with E-state index < -0.39 is 9.84 Å². The molecule has 3 rings (SSSR count). The van der Waals surface area contributed by atoms with Crippen molar-refractivity contribution in [1.82, 2.24) is 0 Å². The lowest BCUT2D eigenvalue weighted by atomic mass is 10.1. The van der Waals surface area contributed by atoms with Crippen LogP contribution in [0.1, 0.15) is 55.7 Å². The van der Waals surface area contributed by atoms with Gasteiger partial charge >= 0.3 is 0 Å². The fourth-order valence-electron chi connectivity index (χ4n) is 3.28. The second-order valence-corrected chi connectivity index (χ2v) is 9.10. The van der Waals surface area contributed by atoms with Crippen molar-refractivity contribution in [3.63, 3.8) is 0 Å². The molecule has 3 nitrogen and oxygen atoms in total. The van der Waals surface area contributed by atoms with Crippen molar-refractivity contribution in [2.24, 2.45) is 0 Å². The van der Waals surface area contributed by atoms with Gasteiger partial charge in [0, 0.05) is 0 Å². The predicted molar refractivity (Wildman–Crippen MR) is 117 cm³/mol. The highest BCUT2D eigenvalue weighted by Crippen LogP contribution is 2.38. The van der Waals surface area contributed by atoms with E-state index in [1.54, 1.807) is 12.2 Å². The maximum absolute atomic E-state index is 13.0. The Morgan fingerprint density at radius 1 is 0.750 bits per heavy atom. The Bertz CT molecular complexity index is 950. The fourth-order valence-corrected chi connectivity index (χ4v) is 4.90. The van der Waals surface area contributed by atoms with Gasteiger partial charge in [-0.3, -0.25) is 0 Å². The van der Waals surface area contributed by atoms with Gasteiger partial charge in [-0.25, -0.2) is 8.42 Å². The number of ether oxygens (including phenoxy) is 1. The van der Waals surface area contributed by atoms with Crippen LogP contribution in [0.15, 0.2) is 60.7 Å². The Morgan fingerprint density at radius 2 is 1.29 bits per heavy atom. The summed E-state index contributed by atoms with van der Waals surface area (Å²) in [4.78, 5) is 0.698. The molecule has 0 fully saturated rings. The second-order valence-electron chi connectivity index (χ2n) is 7.22. The Kier molecular flexibility index (Phi) is 6.74. The molecule has 1 heterocycles. The Hall–Kier alpha value is -2.33. The summed E-state index contributed by atoms with van der Waals surface area (Å²) < 4.78 is 31.8. The largest absolute Gasteiger partial charge is 0.494 e. The molecule has 0 spiro atoms. The molecule has 28 heavy (non-hydrogen) atoms. The van der Waals surface area contributed by atoms with Gasteiger partial charge < -0.3 is 4.74 Å². The minimum absolute atomic E-state index is 0.342. The smallest absolute Gasteiger partial charge is 0.207 e. The van der Waals surface area contributed by atoms with Crippen LogP contribution in [0, 0.1) is 6.92 Å². The van der Waals surface area contributed by atoms with Crippen LogP contribution in [0.2, 0.25) is 0 Å². The first-order valence-electron chi connectivity index (χ1n) is 9.99. The third-order valence-corrected chi connectivity index (χ3v) is 6.86. The van der Waals surface area contributed by atoms with Crippen LogP contribution < -0.4 is 4.74 Å². The van der Waals surface area contributed by atoms with Gasteiger partial charge in [0.2, 0.25) is 9.84 Å². The molecule has 0 saturated carbocycles. The van der Waals surface area contributed by atoms with Crippen LogP contribution in [0.5, 0.6) is 5.75 Å². The highest BCUT2D eigenvalue weighted by atomic mass is 32.2. The van der Waals surface area contributed by atoms with Crippen molar-refractivity contribution in [3.8, 4) is 5.75 Å². The average Bonchev–Trinajstić information content (AvgIpc) is 3.00. The molecule has 0 unspecified atom stereocenters. The van der Waals surface area contributed by atoms with E-state index in [1.165, 1.54) is 25.7 Å². The van der Waals surface area contributed by atoms with Gasteiger partial charge in [-0.05, 0) is 60.9 Å². The lowest BCUT2D eigenvalue weighted by Gasteiger charge is -2.10. The summed E-state index contributed by atoms with van der Waals surface area (Å²) in [6, 6.07) is 14.9. The summed E-state index contributed by atoms with van der Waals surface area (Å²) in [6.07, 6.45) is 9.37. The molecule has 0 radical (unpaired) electrons. The summed E-state index contributed by atoms with van der Waals surface area (Å²) in [6.45, 7) is 4.89. The van der Waals surface area contributed by atoms with E-state index in [4.69, 9.17) is 4.74 Å². The number of hydrogen-bond donors (Lipinski definition) is 0. The van der Waals surface area contributed by atoms with E-state index >= 15 is 0 Å². The average molecular weight is 397 g/mol. The molecule has 1 aliphatic rings. The SMILES string of the molecule is CCCCCCCOc1ccc(C2=CC=C(c3ccc(C)cc3)S2(=O)=O)cc1. The molecule has 1 aliphatic heterocycles. The summed E-state index contributed by atoms with van der Waals surface area (Å²) in [5.41, 5.74) is 2.52. The molecule has 0 aliphatic carbocycles. The molecular formula is C24H28O3S. The predicted octanol–water partition coefficient (Wildman–Crippen LogP) is 6.15. The zero-order chi connectivity index (χ0) is 20.0. The van der Waals surface area contributed by atoms with Crippen molar-refractivity contribution in [2.45, 2.75) is 46.0 Å². The minimum Gasteiger partial charge on any atom is -0.494 e. The van der Waals surface area contributed by atoms with Crippen molar-refractivity contribution in [3.05, 3.63) is 77.4 Å². The Balaban J connectivity index is 1.62. The van der Waals surface area contributed by atoms with Crippen LogP contribution in [-0.2, 0) is 9.84 Å². The van der Waals surface area contributed by atoms with Crippen LogP contribution in [-0.4, -0.2) is 15.0 Å². The fraction of sp³-hybridized carbons (Fsp3) is 0.333. The summed E-state index contributed by atoms with van der Waals surface area (Å²) in [5, 5.41) is 0. The number of allylic oxidation sites excluding steroid dienone is 2. The third kappa shape index (κ3) is 4.74. The monoisotopic (exact) mass is 396 g/mol. The molecule has 0 atom stereocenters. The van der Waals surface area contributed by atoms with Gasteiger partial charge in [0.25, 0.3) is 0 Å². The molecule has 4 heteroatoms. The maximum Gasteiger partial charge on any atom is 0.207 e. The van der Waals surface area contributed by atoms with E-state index in [0.717, 1.165) is 23.3 Å². The van der Waals surface area contributed by atoms with Crippen LogP contribution in [0.25, 0.3) is 9.81 Å². The molecule has 2 aromatic rings. The van der Waals surface area contributed by atoms with Crippen LogP contribution >= 0.6 is 0 Å². The zero-order valence-electron chi connectivity index (χ0n) is 16.6. The first kappa shape index (κ1) is 20.4. The minimum atomic E-state index is -3.51. The number of unbranched alkanes of at least 4 members (excludes halogenated alkanes) is 4. The standard InChI is InChI=1S/C24H28O3S/c1-3-4-5-6-7-18-27-22-14-12-21(13-15-22)24-17-16-23(28(24,25)26)20-10-8-19(2)9-11-20/h8-17H,3-7,18H2,1-2H3. The highest BCUT2D eigenvalue weighted by Gasteiger charge is 2.29. The molecule has 148 valence electrons. The second kappa shape index (κ2) is 9.24.